The maximum Gasteiger partial charge on any atom is 0.256 e. The third kappa shape index (κ3) is 3.08. The molecule has 8 nitrogen and oxygen atoms in total. The van der Waals surface area contributed by atoms with Crippen molar-refractivity contribution in [3.8, 4) is 0 Å². The van der Waals surface area contributed by atoms with Crippen molar-refractivity contribution in [1.29, 1.82) is 0 Å². The van der Waals surface area contributed by atoms with E-state index in [-0.39, 0.29) is 12.6 Å². The average Bonchev–Trinajstić information content (AvgIpc) is 3.25. The predicted octanol–water partition coefficient (Wildman–Crippen LogP) is 1.75. The Balaban J connectivity index is 1.57. The van der Waals surface area contributed by atoms with Gasteiger partial charge in [0.05, 0.1) is 12.8 Å². The molecule has 3 N–H and O–H groups in total. The number of benzene rings is 1. The number of carbonyl (C=O) groups excluding carboxylic acids is 1. The zero-order valence-corrected chi connectivity index (χ0v) is 14.7. The third-order valence-electron chi connectivity index (χ3n) is 4.80. The number of aliphatic hydroxyl groups excluding tert-OH is 1. The molecule has 0 spiro atoms. The van der Waals surface area contributed by atoms with Gasteiger partial charge in [0.25, 0.3) is 5.91 Å². The van der Waals surface area contributed by atoms with Gasteiger partial charge in [0.1, 0.15) is 18.1 Å². The Bertz CT molecular complexity index is 837. The maximum atomic E-state index is 14.5. The molecule has 1 saturated heterocycles. The minimum Gasteiger partial charge on any atom is -0.387 e. The van der Waals surface area contributed by atoms with Crippen molar-refractivity contribution in [1.82, 2.24) is 9.97 Å². The SMILES string of the molecule is CCC1OC(N2CNc3c(NC(=O)c4ccccc4)ncnc32)C(F)C1O. The molecule has 4 atom stereocenters. The highest BCUT2D eigenvalue weighted by molar-refractivity contribution is 6.06. The van der Waals surface area contributed by atoms with E-state index in [1.165, 1.54) is 6.33 Å². The molecule has 0 bridgehead atoms. The minimum atomic E-state index is -1.56. The molecule has 2 aliphatic heterocycles. The summed E-state index contributed by atoms with van der Waals surface area (Å²) in [5.41, 5.74) is 0.989. The number of aromatic nitrogens is 2. The van der Waals surface area contributed by atoms with E-state index in [1.807, 2.05) is 13.0 Å². The molecule has 1 aromatic carbocycles. The van der Waals surface area contributed by atoms with Crippen LogP contribution < -0.4 is 15.5 Å². The van der Waals surface area contributed by atoms with Gasteiger partial charge >= 0.3 is 0 Å². The minimum absolute atomic E-state index is 0.233. The number of nitrogens with one attached hydrogen (secondary N) is 2. The maximum absolute atomic E-state index is 14.5. The zero-order valence-electron chi connectivity index (χ0n) is 14.7. The number of hydrogen-bond acceptors (Lipinski definition) is 7. The zero-order chi connectivity index (χ0) is 19.0. The standard InChI is InChI=1S/C18H20FN5O3/c1-2-11-14(25)12(19)18(27-11)24-9-22-13-15(20-8-21-16(13)24)23-17(26)10-6-4-3-5-7-10/h3-8,11-12,14,18,22,25H,2,9H2,1H3,(H,20,21,23,26). The molecule has 0 radical (unpaired) electrons. The Labute approximate surface area is 155 Å². The third-order valence-corrected chi connectivity index (χ3v) is 4.80. The average molecular weight is 373 g/mol. The molecule has 1 amide bonds. The Kier molecular flexibility index (Phi) is 4.63. The fraction of sp³-hybridized carbons (Fsp3) is 0.389. The number of nitrogens with zero attached hydrogens (tertiary/aromatic N) is 3. The first-order chi connectivity index (χ1) is 13.1. The van der Waals surface area contributed by atoms with Crippen LogP contribution in [0.4, 0.5) is 21.7 Å². The number of fused-ring (bicyclic) bond motifs is 1. The lowest BCUT2D eigenvalue weighted by atomic mass is 10.1. The number of halogens is 1. The van der Waals surface area contributed by atoms with Crippen molar-refractivity contribution in [3.05, 3.63) is 42.2 Å². The van der Waals surface area contributed by atoms with Crippen LogP contribution in [0, 0.1) is 0 Å². The molecule has 1 aromatic heterocycles. The predicted molar refractivity (Wildman–Crippen MR) is 97.3 cm³/mol. The number of aliphatic hydroxyl groups is 1. The number of carbonyl (C=O) groups is 1. The van der Waals surface area contributed by atoms with Crippen LogP contribution in [-0.4, -0.2) is 52.3 Å². The molecule has 2 aromatic rings. The normalized spacial score (nSPS) is 26.6. The quantitative estimate of drug-likeness (QED) is 0.751. The van der Waals surface area contributed by atoms with Gasteiger partial charge in [-0.1, -0.05) is 25.1 Å². The molecule has 9 heteroatoms. The second-order valence-corrected chi connectivity index (χ2v) is 6.45. The summed E-state index contributed by atoms with van der Waals surface area (Å²) in [7, 11) is 0. The molecular formula is C18H20FN5O3. The number of alkyl halides is 1. The molecule has 1 fully saturated rings. The Morgan fingerprint density at radius 1 is 1.41 bits per heavy atom. The van der Waals surface area contributed by atoms with Crippen LogP contribution in [0.2, 0.25) is 0 Å². The Morgan fingerprint density at radius 3 is 2.89 bits per heavy atom. The van der Waals surface area contributed by atoms with Crippen LogP contribution >= 0.6 is 0 Å². The molecule has 4 unspecified atom stereocenters. The van der Waals surface area contributed by atoms with Crippen molar-refractivity contribution in [2.24, 2.45) is 0 Å². The van der Waals surface area contributed by atoms with Crippen molar-refractivity contribution < 1.29 is 19.0 Å². The molecule has 0 aliphatic carbocycles. The Hall–Kier alpha value is -2.78. The number of rotatable bonds is 4. The van der Waals surface area contributed by atoms with Gasteiger partial charge in [0.2, 0.25) is 0 Å². The lowest BCUT2D eigenvalue weighted by molar-refractivity contribution is 0.00788. The molecular weight excluding hydrogens is 353 g/mol. The van der Waals surface area contributed by atoms with Gasteiger partial charge in [0, 0.05) is 5.56 Å². The Morgan fingerprint density at radius 2 is 2.19 bits per heavy atom. The first kappa shape index (κ1) is 17.6. The fourth-order valence-electron chi connectivity index (χ4n) is 3.36. The van der Waals surface area contributed by atoms with Crippen LogP contribution in [-0.2, 0) is 4.74 Å². The highest BCUT2D eigenvalue weighted by Gasteiger charge is 2.48. The lowest BCUT2D eigenvalue weighted by Crippen LogP contribution is -2.42. The van der Waals surface area contributed by atoms with Crippen molar-refractivity contribution >= 4 is 23.2 Å². The van der Waals surface area contributed by atoms with E-state index in [0.29, 0.717) is 29.3 Å². The lowest BCUT2D eigenvalue weighted by Gasteiger charge is -2.25. The number of anilines is 3. The van der Waals surface area contributed by atoms with Gasteiger partial charge in [-0.2, -0.15) is 0 Å². The molecule has 2 aliphatic rings. The molecule has 3 heterocycles. The summed E-state index contributed by atoms with van der Waals surface area (Å²) in [6.45, 7) is 2.06. The summed E-state index contributed by atoms with van der Waals surface area (Å²) in [5.74, 6) is 0.418. The van der Waals surface area contributed by atoms with Crippen LogP contribution in [0.1, 0.15) is 23.7 Å². The van der Waals surface area contributed by atoms with E-state index >= 15 is 0 Å². The number of amides is 1. The highest BCUT2D eigenvalue weighted by atomic mass is 19.1. The van der Waals surface area contributed by atoms with Crippen molar-refractivity contribution in [2.75, 3.05) is 22.2 Å². The summed E-state index contributed by atoms with van der Waals surface area (Å²) < 4.78 is 20.2. The van der Waals surface area contributed by atoms with E-state index in [9.17, 15) is 14.3 Å². The summed E-state index contributed by atoms with van der Waals surface area (Å²) in [6.07, 6.45) is -2.44. The van der Waals surface area contributed by atoms with E-state index in [4.69, 9.17) is 4.74 Å². The number of hydrogen-bond donors (Lipinski definition) is 3. The first-order valence-electron chi connectivity index (χ1n) is 8.79. The van der Waals surface area contributed by atoms with Crippen molar-refractivity contribution in [3.63, 3.8) is 0 Å². The van der Waals surface area contributed by atoms with E-state index in [2.05, 4.69) is 20.6 Å². The van der Waals surface area contributed by atoms with Crippen LogP contribution in [0.15, 0.2) is 36.7 Å². The molecule has 142 valence electrons. The fourth-order valence-corrected chi connectivity index (χ4v) is 3.36. The summed E-state index contributed by atoms with van der Waals surface area (Å²) in [6, 6.07) is 8.76. The van der Waals surface area contributed by atoms with Gasteiger partial charge in [-0.05, 0) is 18.6 Å². The monoisotopic (exact) mass is 373 g/mol. The largest absolute Gasteiger partial charge is 0.387 e. The highest BCUT2D eigenvalue weighted by Crippen LogP contribution is 2.39. The van der Waals surface area contributed by atoms with Crippen LogP contribution in [0.25, 0.3) is 0 Å². The van der Waals surface area contributed by atoms with E-state index in [0.717, 1.165) is 0 Å². The molecule has 4 rings (SSSR count). The topological polar surface area (TPSA) is 99.6 Å². The summed E-state index contributed by atoms with van der Waals surface area (Å²) in [4.78, 5) is 22.3. The van der Waals surface area contributed by atoms with Crippen LogP contribution in [0.3, 0.4) is 0 Å². The molecule has 0 saturated carbocycles. The second kappa shape index (κ2) is 7.09. The second-order valence-electron chi connectivity index (χ2n) is 6.45. The number of ether oxygens (including phenoxy) is 1. The smallest absolute Gasteiger partial charge is 0.256 e. The van der Waals surface area contributed by atoms with Crippen molar-refractivity contribution in [2.45, 2.75) is 38.0 Å². The van der Waals surface area contributed by atoms with Gasteiger partial charge in [-0.15, -0.1) is 0 Å². The summed E-state index contributed by atoms with van der Waals surface area (Å²) in [5, 5.41) is 15.8. The van der Waals surface area contributed by atoms with Gasteiger partial charge in [-0.25, -0.2) is 14.4 Å². The van der Waals surface area contributed by atoms with Crippen LogP contribution in [0.5, 0.6) is 0 Å². The first-order valence-corrected chi connectivity index (χ1v) is 8.79. The van der Waals surface area contributed by atoms with E-state index in [1.54, 1.807) is 29.2 Å². The summed E-state index contributed by atoms with van der Waals surface area (Å²) >= 11 is 0. The van der Waals surface area contributed by atoms with E-state index < -0.39 is 24.6 Å². The van der Waals surface area contributed by atoms with Gasteiger partial charge in [-0.3, -0.25) is 4.79 Å². The van der Waals surface area contributed by atoms with Gasteiger partial charge < -0.3 is 25.4 Å². The van der Waals surface area contributed by atoms with Gasteiger partial charge in [0.15, 0.2) is 24.0 Å². The molecule has 27 heavy (non-hydrogen) atoms.